The Hall–Kier alpha value is -1.04. The zero-order valence-electron chi connectivity index (χ0n) is 14.9. The van der Waals surface area contributed by atoms with Crippen LogP contribution in [0.3, 0.4) is 0 Å². The van der Waals surface area contributed by atoms with E-state index in [9.17, 15) is 9.13 Å². The first-order chi connectivity index (χ1) is 12.1. The van der Waals surface area contributed by atoms with Gasteiger partial charge in [-0.2, -0.15) is 4.31 Å². The van der Waals surface area contributed by atoms with Gasteiger partial charge in [0.1, 0.15) is 0 Å². The fourth-order valence-electron chi connectivity index (χ4n) is 2.17. The molecule has 9 heteroatoms. The van der Waals surface area contributed by atoms with E-state index in [4.69, 9.17) is 14.7 Å². The number of phosphoric acid groups is 2. The lowest BCUT2D eigenvalue weighted by molar-refractivity contribution is 0.191. The van der Waals surface area contributed by atoms with E-state index >= 15 is 0 Å². The summed E-state index contributed by atoms with van der Waals surface area (Å²) in [5.74, 6) is 0. The molecule has 7 nitrogen and oxygen atoms in total. The molecule has 0 aliphatic heterocycles. The molecule has 0 amide bonds. The van der Waals surface area contributed by atoms with Crippen LogP contribution < -0.4 is 0 Å². The molecule has 0 fully saturated rings. The fourth-order valence-corrected chi connectivity index (χ4v) is 3.70. The van der Waals surface area contributed by atoms with E-state index in [0.717, 1.165) is 31.3 Å². The zero-order chi connectivity index (χ0) is 19.6. The number of benzene rings is 1. The second kappa shape index (κ2) is 11.0. The monoisotopic (exact) mass is 404 g/mol. The molecule has 3 N–H and O–H groups in total. The van der Waals surface area contributed by atoms with Crippen molar-refractivity contribution in [1.29, 1.82) is 0 Å². The molecular formula is C17H26O7P2. The minimum atomic E-state index is -5.08. The maximum absolute atomic E-state index is 11.3. The average molecular weight is 404 g/mol. The number of allylic oxidation sites excluding steroid dienone is 3. The maximum atomic E-state index is 11.3. The summed E-state index contributed by atoms with van der Waals surface area (Å²) >= 11 is 0. The van der Waals surface area contributed by atoms with Gasteiger partial charge in [0.05, 0.1) is 6.61 Å². The van der Waals surface area contributed by atoms with Crippen LogP contribution in [0.5, 0.6) is 0 Å². The summed E-state index contributed by atoms with van der Waals surface area (Å²) in [6.45, 7) is 3.67. The van der Waals surface area contributed by atoms with Crippen LogP contribution in [0.2, 0.25) is 0 Å². The van der Waals surface area contributed by atoms with Gasteiger partial charge in [-0.25, -0.2) is 9.13 Å². The summed E-state index contributed by atoms with van der Waals surface area (Å²) in [5, 5.41) is 0. The Kier molecular flexibility index (Phi) is 9.69. The summed E-state index contributed by atoms with van der Waals surface area (Å²) < 4.78 is 30.0. The van der Waals surface area contributed by atoms with Gasteiger partial charge in [0, 0.05) is 0 Å². The summed E-state index contributed by atoms with van der Waals surface area (Å²) in [6, 6.07) is 10.3. The van der Waals surface area contributed by atoms with E-state index in [-0.39, 0.29) is 6.61 Å². The molecule has 0 aliphatic carbocycles. The van der Waals surface area contributed by atoms with Crippen molar-refractivity contribution in [3.8, 4) is 0 Å². The summed E-state index contributed by atoms with van der Waals surface area (Å²) in [7, 11) is -9.85. The SMILES string of the molecule is C/C(=C\COP(=O)(O)OP(=O)(O)O)CC/C=C(\C)CCc1ccccc1. The predicted molar refractivity (Wildman–Crippen MR) is 100 cm³/mol. The largest absolute Gasteiger partial charge is 0.481 e. The van der Waals surface area contributed by atoms with E-state index in [1.807, 2.05) is 25.1 Å². The molecule has 26 heavy (non-hydrogen) atoms. The quantitative estimate of drug-likeness (QED) is 0.367. The molecule has 0 bridgehead atoms. The molecule has 1 aromatic rings. The van der Waals surface area contributed by atoms with Crippen LogP contribution in [0.15, 0.2) is 53.6 Å². The number of hydrogen-bond acceptors (Lipinski definition) is 4. The van der Waals surface area contributed by atoms with Gasteiger partial charge in [0.15, 0.2) is 0 Å². The normalized spacial score (nSPS) is 15.7. The fraction of sp³-hybridized carbons (Fsp3) is 0.412. The molecule has 0 aliphatic rings. The number of rotatable bonds is 11. The maximum Gasteiger partial charge on any atom is 0.481 e. The Balaban J connectivity index is 2.31. The highest BCUT2D eigenvalue weighted by Crippen LogP contribution is 2.57. The third-order valence-electron chi connectivity index (χ3n) is 3.56. The highest BCUT2D eigenvalue weighted by atomic mass is 31.3. The molecule has 1 unspecified atom stereocenters. The van der Waals surface area contributed by atoms with Crippen LogP contribution in [-0.2, 0) is 24.4 Å². The Labute approximate surface area is 154 Å². The Morgan fingerprint density at radius 1 is 1.00 bits per heavy atom. The molecular weight excluding hydrogens is 378 g/mol. The van der Waals surface area contributed by atoms with Gasteiger partial charge in [0.2, 0.25) is 0 Å². The smallest absolute Gasteiger partial charge is 0.302 e. The van der Waals surface area contributed by atoms with Gasteiger partial charge < -0.3 is 14.7 Å². The van der Waals surface area contributed by atoms with Gasteiger partial charge in [-0.05, 0) is 45.1 Å². The first-order valence-corrected chi connectivity index (χ1v) is 11.2. The molecule has 1 aromatic carbocycles. The third-order valence-corrected chi connectivity index (χ3v) is 5.71. The van der Waals surface area contributed by atoms with Crippen molar-refractivity contribution in [2.45, 2.75) is 39.5 Å². The topological polar surface area (TPSA) is 113 Å². The van der Waals surface area contributed by atoms with Crippen LogP contribution in [0.1, 0.15) is 38.7 Å². The summed E-state index contributed by atoms with van der Waals surface area (Å²) in [4.78, 5) is 26.1. The van der Waals surface area contributed by atoms with Crippen LogP contribution in [0.4, 0.5) is 0 Å². The lowest BCUT2D eigenvalue weighted by Gasteiger charge is -2.11. The van der Waals surface area contributed by atoms with Crippen LogP contribution in [0, 0.1) is 0 Å². The minimum Gasteiger partial charge on any atom is -0.302 e. The number of hydrogen-bond donors (Lipinski definition) is 3. The van der Waals surface area contributed by atoms with E-state index in [1.54, 1.807) is 6.08 Å². The minimum absolute atomic E-state index is 0.268. The molecule has 146 valence electrons. The third kappa shape index (κ3) is 11.6. The number of phosphoric ester groups is 1. The van der Waals surface area contributed by atoms with Crippen molar-refractivity contribution in [3.63, 3.8) is 0 Å². The van der Waals surface area contributed by atoms with Crippen molar-refractivity contribution in [2.24, 2.45) is 0 Å². The zero-order valence-corrected chi connectivity index (χ0v) is 16.7. The molecule has 1 rings (SSSR count). The van der Waals surface area contributed by atoms with Crippen molar-refractivity contribution < 1.29 is 32.6 Å². The van der Waals surface area contributed by atoms with Gasteiger partial charge in [-0.1, -0.05) is 53.6 Å². The molecule has 0 radical (unpaired) electrons. The first-order valence-electron chi connectivity index (χ1n) is 8.17. The lowest BCUT2D eigenvalue weighted by atomic mass is 10.0. The van der Waals surface area contributed by atoms with Crippen LogP contribution in [-0.4, -0.2) is 21.3 Å². The van der Waals surface area contributed by atoms with E-state index in [0.29, 0.717) is 0 Å². The van der Waals surface area contributed by atoms with E-state index < -0.39 is 15.6 Å². The molecule has 0 spiro atoms. The summed E-state index contributed by atoms with van der Waals surface area (Å²) in [5.41, 5.74) is 3.54. The van der Waals surface area contributed by atoms with Gasteiger partial charge in [-0.15, -0.1) is 0 Å². The molecule has 0 heterocycles. The van der Waals surface area contributed by atoms with Crippen LogP contribution in [0.25, 0.3) is 0 Å². The molecule has 1 atom stereocenters. The Bertz CT molecular complexity index is 707. The molecule has 0 aromatic heterocycles. The van der Waals surface area contributed by atoms with Crippen LogP contribution >= 0.6 is 15.6 Å². The second-order valence-electron chi connectivity index (χ2n) is 5.96. The number of aryl methyl sites for hydroxylation is 1. The van der Waals surface area contributed by atoms with Gasteiger partial charge in [0.25, 0.3) is 0 Å². The van der Waals surface area contributed by atoms with Gasteiger partial charge in [-0.3, -0.25) is 4.52 Å². The molecule has 0 saturated carbocycles. The first kappa shape index (κ1) is 23.0. The molecule has 0 saturated heterocycles. The van der Waals surface area contributed by atoms with Crippen molar-refractivity contribution >= 4 is 15.6 Å². The second-order valence-corrected chi connectivity index (χ2v) is 8.79. The highest BCUT2D eigenvalue weighted by Gasteiger charge is 2.31. The predicted octanol–water partition coefficient (Wildman–Crippen LogP) is 4.52. The van der Waals surface area contributed by atoms with E-state index in [1.165, 1.54) is 11.1 Å². The standard InChI is InChI=1S/C17H26O7P2/c1-15(11-12-17-9-4-3-5-10-17)7-6-8-16(2)13-14-23-26(21,22)24-25(18,19)20/h3-5,7,9-10,13H,6,8,11-12,14H2,1-2H3,(H,21,22)(H2,18,19,20)/b15-7+,16-13+. The van der Waals surface area contributed by atoms with Crippen molar-refractivity contribution in [1.82, 2.24) is 0 Å². The van der Waals surface area contributed by atoms with Gasteiger partial charge >= 0.3 is 15.6 Å². The van der Waals surface area contributed by atoms with E-state index in [2.05, 4.69) is 34.0 Å². The average Bonchev–Trinajstić information content (AvgIpc) is 2.51. The Morgan fingerprint density at radius 2 is 1.62 bits per heavy atom. The lowest BCUT2D eigenvalue weighted by Crippen LogP contribution is -1.94. The highest BCUT2D eigenvalue weighted by molar-refractivity contribution is 7.60. The summed E-state index contributed by atoms with van der Waals surface area (Å²) in [6.07, 6.45) is 7.31. The Morgan fingerprint density at radius 3 is 2.23 bits per heavy atom. The van der Waals surface area contributed by atoms with Crippen molar-refractivity contribution in [3.05, 3.63) is 59.2 Å². The van der Waals surface area contributed by atoms with Crippen molar-refractivity contribution in [2.75, 3.05) is 6.61 Å².